The lowest BCUT2D eigenvalue weighted by atomic mass is 9.99. The van der Waals surface area contributed by atoms with E-state index < -0.39 is 35.0 Å². The van der Waals surface area contributed by atoms with Crippen LogP contribution in [0.25, 0.3) is 17.0 Å². The molecule has 0 aliphatic heterocycles. The summed E-state index contributed by atoms with van der Waals surface area (Å²) in [6.07, 6.45) is -4.59. The van der Waals surface area contributed by atoms with Crippen molar-refractivity contribution in [2.45, 2.75) is 32.4 Å². The second-order valence-electron chi connectivity index (χ2n) is 7.28. The Morgan fingerprint density at radius 3 is 1.66 bits per heavy atom. The summed E-state index contributed by atoms with van der Waals surface area (Å²) in [4.78, 5) is 0. The van der Waals surface area contributed by atoms with Crippen molar-refractivity contribution in [2.75, 3.05) is 0 Å². The van der Waals surface area contributed by atoms with Crippen molar-refractivity contribution in [1.82, 2.24) is 0 Å². The lowest BCUT2D eigenvalue weighted by Gasteiger charge is -2.11. The van der Waals surface area contributed by atoms with Gasteiger partial charge in [-0.05, 0) is 53.6 Å². The molecule has 0 N–H and O–H groups in total. The Kier molecular flexibility index (Phi) is 7.06. The first kappa shape index (κ1) is 23.6. The summed E-state index contributed by atoms with van der Waals surface area (Å²) in [6, 6.07) is 14.9. The number of halogens is 7. The highest BCUT2D eigenvalue weighted by Gasteiger charge is 2.37. The van der Waals surface area contributed by atoms with Gasteiger partial charge in [-0.2, -0.15) is 13.2 Å². The van der Waals surface area contributed by atoms with Crippen LogP contribution in [-0.2, 0) is 19.0 Å². The van der Waals surface area contributed by atoms with Gasteiger partial charge in [0, 0.05) is 5.56 Å². The van der Waals surface area contributed by atoms with E-state index in [-0.39, 0.29) is 24.0 Å². The number of hydrogen-bond donors (Lipinski definition) is 0. The van der Waals surface area contributed by atoms with Crippen LogP contribution in [-0.4, -0.2) is 0 Å². The minimum absolute atomic E-state index is 0.0270. The van der Waals surface area contributed by atoms with Crippen molar-refractivity contribution in [3.05, 3.63) is 100 Å². The lowest BCUT2D eigenvalue weighted by Crippen LogP contribution is -2.12. The molecule has 32 heavy (non-hydrogen) atoms. The third-order valence-corrected chi connectivity index (χ3v) is 5.06. The number of rotatable bonds is 6. The molecule has 0 nitrogen and oxygen atoms in total. The zero-order valence-corrected chi connectivity index (χ0v) is 17.0. The first-order valence-electron chi connectivity index (χ1n) is 9.89. The minimum atomic E-state index is -5.09. The van der Waals surface area contributed by atoms with E-state index in [9.17, 15) is 30.7 Å². The number of allylic oxidation sites excluding steroid dienone is 1. The Hall–Kier alpha value is -3.09. The van der Waals surface area contributed by atoms with Gasteiger partial charge in [-0.25, -0.2) is 17.6 Å². The molecule has 0 aromatic heterocycles. The predicted molar refractivity (Wildman–Crippen MR) is 110 cm³/mol. The van der Waals surface area contributed by atoms with Crippen LogP contribution < -0.4 is 0 Å². The molecule has 0 heterocycles. The van der Waals surface area contributed by atoms with Gasteiger partial charge in [0.2, 0.25) is 0 Å². The van der Waals surface area contributed by atoms with E-state index in [2.05, 4.69) is 0 Å². The van der Waals surface area contributed by atoms with Gasteiger partial charge in [0.25, 0.3) is 0 Å². The number of aryl methyl sites for hydroxylation is 2. The van der Waals surface area contributed by atoms with Crippen LogP contribution in [0.5, 0.6) is 0 Å². The molecule has 0 amide bonds. The van der Waals surface area contributed by atoms with Gasteiger partial charge in [0.15, 0.2) is 5.83 Å². The summed E-state index contributed by atoms with van der Waals surface area (Å²) < 4.78 is 92.7. The lowest BCUT2D eigenvalue weighted by molar-refractivity contribution is -0.142. The Morgan fingerprint density at radius 2 is 1.19 bits per heavy atom. The molecule has 0 unspecified atom stereocenters. The summed E-state index contributed by atoms with van der Waals surface area (Å²) in [5.41, 5.74) is 0.835. The predicted octanol–water partition coefficient (Wildman–Crippen LogP) is 8.45. The average Bonchev–Trinajstić information content (AvgIpc) is 2.75. The second-order valence-corrected chi connectivity index (χ2v) is 7.28. The molecular formula is C25H19F7. The molecule has 0 radical (unpaired) electrons. The van der Waals surface area contributed by atoms with Crippen LogP contribution in [0.15, 0.2) is 66.5 Å². The number of hydrogen-bond acceptors (Lipinski definition) is 0. The van der Waals surface area contributed by atoms with E-state index in [4.69, 9.17) is 0 Å². The topological polar surface area (TPSA) is 0 Å². The van der Waals surface area contributed by atoms with Crippen molar-refractivity contribution in [1.29, 1.82) is 0 Å². The van der Waals surface area contributed by atoms with Crippen molar-refractivity contribution in [3.63, 3.8) is 0 Å². The fourth-order valence-electron chi connectivity index (χ4n) is 3.31. The zero-order chi connectivity index (χ0) is 23.5. The third-order valence-electron chi connectivity index (χ3n) is 5.06. The fraction of sp³-hybridized carbons (Fsp3) is 0.200. The van der Waals surface area contributed by atoms with E-state index in [0.29, 0.717) is 18.6 Å². The molecule has 3 aromatic carbocycles. The standard InChI is InChI=1S/C25H19F7/c1-2-20(26)24(29)19-11-9-18(10-12-19)17-7-5-15(6-8-17)3-4-16-13-21(27)23(22(28)14-16)25(30,31)32/h5-14H,2-4H2,1H3. The monoisotopic (exact) mass is 452 g/mol. The molecule has 0 bridgehead atoms. The van der Waals surface area contributed by atoms with Gasteiger partial charge in [-0.15, -0.1) is 0 Å². The number of benzene rings is 3. The van der Waals surface area contributed by atoms with Gasteiger partial charge in [0.1, 0.15) is 23.0 Å². The first-order valence-corrected chi connectivity index (χ1v) is 9.89. The summed E-state index contributed by atoms with van der Waals surface area (Å²) in [5.74, 6) is -4.95. The van der Waals surface area contributed by atoms with E-state index in [0.717, 1.165) is 16.7 Å². The Balaban J connectivity index is 1.69. The average molecular weight is 452 g/mol. The maximum Gasteiger partial charge on any atom is 0.422 e. The third kappa shape index (κ3) is 5.39. The summed E-state index contributed by atoms with van der Waals surface area (Å²) in [6.45, 7) is 1.52. The Morgan fingerprint density at radius 1 is 0.719 bits per heavy atom. The molecule has 0 spiro atoms. The molecular weight excluding hydrogens is 433 g/mol. The SMILES string of the molecule is CCC(F)=C(F)c1ccc(-c2ccc(CCc3cc(F)c(C(F)(F)F)c(F)c3)cc2)cc1. The molecule has 3 rings (SSSR count). The van der Waals surface area contributed by atoms with Crippen LogP contribution in [0.4, 0.5) is 30.7 Å². The van der Waals surface area contributed by atoms with Gasteiger partial charge < -0.3 is 0 Å². The summed E-state index contributed by atoms with van der Waals surface area (Å²) in [5, 5.41) is 0. The maximum atomic E-state index is 13.9. The summed E-state index contributed by atoms with van der Waals surface area (Å²) in [7, 11) is 0. The van der Waals surface area contributed by atoms with Crippen molar-refractivity contribution in [3.8, 4) is 11.1 Å². The maximum absolute atomic E-state index is 13.9. The Bertz CT molecular complexity index is 1090. The van der Waals surface area contributed by atoms with Gasteiger partial charge >= 0.3 is 6.18 Å². The largest absolute Gasteiger partial charge is 0.422 e. The first-order chi connectivity index (χ1) is 15.1. The number of alkyl halides is 3. The molecule has 0 aliphatic carbocycles. The smallest absolute Gasteiger partial charge is 0.209 e. The van der Waals surface area contributed by atoms with Crippen molar-refractivity contribution >= 4 is 5.83 Å². The second kappa shape index (κ2) is 9.59. The van der Waals surface area contributed by atoms with E-state index >= 15 is 0 Å². The molecule has 0 fully saturated rings. The summed E-state index contributed by atoms with van der Waals surface area (Å²) >= 11 is 0. The van der Waals surface area contributed by atoms with E-state index in [1.165, 1.54) is 19.1 Å². The van der Waals surface area contributed by atoms with Gasteiger partial charge in [0.05, 0.1) is 0 Å². The molecule has 168 valence electrons. The van der Waals surface area contributed by atoms with E-state index in [1.807, 2.05) is 0 Å². The minimum Gasteiger partial charge on any atom is -0.209 e. The fourth-order valence-corrected chi connectivity index (χ4v) is 3.31. The Labute approximate surface area is 181 Å². The molecule has 0 saturated heterocycles. The van der Waals surface area contributed by atoms with Gasteiger partial charge in [-0.1, -0.05) is 55.5 Å². The van der Waals surface area contributed by atoms with Gasteiger partial charge in [-0.3, -0.25) is 0 Å². The molecule has 3 aromatic rings. The molecule has 0 atom stereocenters. The van der Waals surface area contributed by atoms with Crippen LogP contribution >= 0.6 is 0 Å². The molecule has 0 aliphatic rings. The highest BCUT2D eigenvalue weighted by molar-refractivity contribution is 5.68. The van der Waals surface area contributed by atoms with Crippen LogP contribution in [0, 0.1) is 11.6 Å². The molecule has 0 saturated carbocycles. The van der Waals surface area contributed by atoms with Crippen molar-refractivity contribution < 1.29 is 30.7 Å². The highest BCUT2D eigenvalue weighted by Crippen LogP contribution is 2.34. The van der Waals surface area contributed by atoms with Crippen LogP contribution in [0.3, 0.4) is 0 Å². The van der Waals surface area contributed by atoms with Crippen LogP contribution in [0.1, 0.15) is 35.6 Å². The molecule has 7 heteroatoms. The zero-order valence-electron chi connectivity index (χ0n) is 17.0. The highest BCUT2D eigenvalue weighted by atomic mass is 19.4. The van der Waals surface area contributed by atoms with Crippen molar-refractivity contribution in [2.24, 2.45) is 0 Å². The van der Waals surface area contributed by atoms with Crippen LogP contribution in [0.2, 0.25) is 0 Å². The normalized spacial score (nSPS) is 12.6. The quantitative estimate of drug-likeness (QED) is 0.329. The van der Waals surface area contributed by atoms with E-state index in [1.54, 1.807) is 36.4 Å².